The van der Waals surface area contributed by atoms with Gasteiger partial charge in [-0.05, 0) is 37.3 Å². The molecule has 0 spiro atoms. The molecule has 1 atom stereocenters. The quantitative estimate of drug-likeness (QED) is 0.891. The van der Waals surface area contributed by atoms with Gasteiger partial charge in [-0.2, -0.15) is 0 Å². The second-order valence-corrected chi connectivity index (χ2v) is 6.47. The van der Waals surface area contributed by atoms with Gasteiger partial charge in [-0.25, -0.2) is 0 Å². The van der Waals surface area contributed by atoms with Gasteiger partial charge < -0.3 is 10.6 Å². The minimum Gasteiger partial charge on any atom is -0.334 e. The normalized spacial score (nSPS) is 12.4. The van der Waals surface area contributed by atoms with Gasteiger partial charge in [-0.15, -0.1) is 11.3 Å². The van der Waals surface area contributed by atoms with Crippen LogP contribution in [0.2, 0.25) is 0 Å². The molecule has 3 nitrogen and oxygen atoms in total. The Balaban J connectivity index is 2.03. The van der Waals surface area contributed by atoms with E-state index >= 15 is 0 Å². The first-order valence-electron chi connectivity index (χ1n) is 7.20. The summed E-state index contributed by atoms with van der Waals surface area (Å²) in [4.78, 5) is 15.7. The van der Waals surface area contributed by atoms with Crippen LogP contribution in [0.15, 0.2) is 47.8 Å². The molecule has 0 saturated heterocycles. The highest BCUT2D eigenvalue weighted by molar-refractivity contribution is 7.09. The Labute approximate surface area is 130 Å². The van der Waals surface area contributed by atoms with Crippen molar-refractivity contribution in [3.63, 3.8) is 0 Å². The maximum atomic E-state index is 12.6. The van der Waals surface area contributed by atoms with E-state index in [1.165, 1.54) is 4.88 Å². The zero-order valence-corrected chi connectivity index (χ0v) is 13.3. The Morgan fingerprint density at radius 2 is 1.90 bits per heavy atom. The molecule has 1 aromatic carbocycles. The third-order valence-electron chi connectivity index (χ3n) is 3.43. The highest BCUT2D eigenvalue weighted by Crippen LogP contribution is 2.15. The summed E-state index contributed by atoms with van der Waals surface area (Å²) in [5.41, 5.74) is 7.22. The predicted molar refractivity (Wildman–Crippen MR) is 88.1 cm³/mol. The summed E-state index contributed by atoms with van der Waals surface area (Å²) in [6, 6.07) is 13.6. The first-order valence-corrected chi connectivity index (χ1v) is 8.08. The van der Waals surface area contributed by atoms with Crippen molar-refractivity contribution in [2.24, 2.45) is 5.73 Å². The van der Waals surface area contributed by atoms with Gasteiger partial charge in [0.1, 0.15) is 0 Å². The summed E-state index contributed by atoms with van der Waals surface area (Å²) in [7, 11) is 0. The van der Waals surface area contributed by atoms with Crippen molar-refractivity contribution < 1.29 is 4.79 Å². The lowest BCUT2D eigenvalue weighted by molar-refractivity contribution is -0.134. The number of carbonyl (C=O) groups is 1. The number of hydrogen-bond donors (Lipinski definition) is 1. The lowest BCUT2D eigenvalue weighted by Crippen LogP contribution is -2.47. The number of rotatable bonds is 6. The zero-order valence-electron chi connectivity index (χ0n) is 12.5. The zero-order chi connectivity index (χ0) is 15.2. The maximum absolute atomic E-state index is 12.6. The molecule has 1 heterocycles. The molecule has 0 bridgehead atoms. The van der Waals surface area contributed by atoms with Crippen LogP contribution < -0.4 is 5.73 Å². The smallest absolute Gasteiger partial charge is 0.240 e. The average molecular weight is 302 g/mol. The number of amides is 1. The first kappa shape index (κ1) is 15.7. The summed E-state index contributed by atoms with van der Waals surface area (Å²) in [6.07, 6.45) is 0.577. The van der Waals surface area contributed by atoms with Crippen LogP contribution in [0.4, 0.5) is 0 Å². The lowest BCUT2D eigenvalue weighted by atomic mass is 10.0. The first-order chi connectivity index (χ1) is 10.1. The van der Waals surface area contributed by atoms with E-state index in [1.54, 1.807) is 11.3 Å². The minimum atomic E-state index is -0.491. The summed E-state index contributed by atoms with van der Waals surface area (Å²) in [5.74, 6) is 0.0160. The van der Waals surface area contributed by atoms with E-state index in [4.69, 9.17) is 5.73 Å². The van der Waals surface area contributed by atoms with Crippen molar-refractivity contribution in [1.82, 2.24) is 4.90 Å². The molecule has 1 amide bonds. The number of thiophene rings is 1. The van der Waals surface area contributed by atoms with Gasteiger partial charge in [0.25, 0.3) is 0 Å². The van der Waals surface area contributed by atoms with Crippen LogP contribution in [0.5, 0.6) is 0 Å². The minimum absolute atomic E-state index is 0.0160. The van der Waals surface area contributed by atoms with Crippen LogP contribution in [0.1, 0.15) is 24.3 Å². The Morgan fingerprint density at radius 3 is 2.48 bits per heavy atom. The van der Waals surface area contributed by atoms with Gasteiger partial charge in [0.2, 0.25) is 5.91 Å². The van der Waals surface area contributed by atoms with Crippen molar-refractivity contribution in [2.45, 2.75) is 38.9 Å². The van der Waals surface area contributed by atoms with Gasteiger partial charge in [-0.3, -0.25) is 4.79 Å². The summed E-state index contributed by atoms with van der Waals surface area (Å²) in [5, 5.41) is 2.03. The highest BCUT2D eigenvalue weighted by atomic mass is 32.1. The molecule has 2 rings (SSSR count). The fourth-order valence-electron chi connectivity index (χ4n) is 2.25. The maximum Gasteiger partial charge on any atom is 0.240 e. The third-order valence-corrected chi connectivity index (χ3v) is 4.29. The average Bonchev–Trinajstić information content (AvgIpc) is 2.98. The van der Waals surface area contributed by atoms with Gasteiger partial charge in [0.15, 0.2) is 0 Å². The van der Waals surface area contributed by atoms with E-state index < -0.39 is 6.04 Å². The predicted octanol–water partition coefficient (Wildman–Crippen LogP) is 3.06. The molecule has 0 unspecified atom stereocenters. The van der Waals surface area contributed by atoms with Gasteiger partial charge in [-0.1, -0.05) is 36.4 Å². The van der Waals surface area contributed by atoms with Crippen LogP contribution >= 0.6 is 11.3 Å². The van der Waals surface area contributed by atoms with Crippen LogP contribution in [0, 0.1) is 0 Å². The van der Waals surface area contributed by atoms with Crippen molar-refractivity contribution in [3.05, 3.63) is 58.3 Å². The van der Waals surface area contributed by atoms with E-state index in [1.807, 2.05) is 60.5 Å². The fraction of sp³-hybridized carbons (Fsp3) is 0.353. The Bertz CT molecular complexity index is 551. The van der Waals surface area contributed by atoms with Crippen LogP contribution in [-0.2, 0) is 17.8 Å². The van der Waals surface area contributed by atoms with E-state index in [-0.39, 0.29) is 11.9 Å². The molecular weight excluding hydrogens is 280 g/mol. The SMILES string of the molecule is CC(C)N(Cc1cccs1)C(=O)[C@H](N)Cc1ccccc1. The molecule has 0 aliphatic rings. The molecule has 4 heteroatoms. The molecule has 21 heavy (non-hydrogen) atoms. The number of nitrogens with zero attached hydrogens (tertiary/aromatic N) is 1. The topological polar surface area (TPSA) is 46.3 Å². The molecule has 112 valence electrons. The second-order valence-electron chi connectivity index (χ2n) is 5.44. The van der Waals surface area contributed by atoms with Crippen molar-refractivity contribution in [2.75, 3.05) is 0 Å². The van der Waals surface area contributed by atoms with E-state index in [9.17, 15) is 4.79 Å². The van der Waals surface area contributed by atoms with Crippen molar-refractivity contribution >= 4 is 17.2 Å². The Hall–Kier alpha value is -1.65. The number of nitrogens with two attached hydrogens (primary N) is 1. The molecule has 0 aliphatic heterocycles. The van der Waals surface area contributed by atoms with Gasteiger partial charge in [0, 0.05) is 10.9 Å². The van der Waals surface area contributed by atoms with Gasteiger partial charge >= 0.3 is 0 Å². The number of benzene rings is 1. The Kier molecular flexibility index (Phi) is 5.53. The highest BCUT2D eigenvalue weighted by Gasteiger charge is 2.23. The Morgan fingerprint density at radius 1 is 1.19 bits per heavy atom. The largest absolute Gasteiger partial charge is 0.334 e. The van der Waals surface area contributed by atoms with Crippen LogP contribution in [0.3, 0.4) is 0 Å². The van der Waals surface area contributed by atoms with E-state index in [2.05, 4.69) is 6.07 Å². The summed E-state index contributed by atoms with van der Waals surface area (Å²) in [6.45, 7) is 4.69. The number of hydrogen-bond acceptors (Lipinski definition) is 3. The van der Waals surface area contributed by atoms with Crippen LogP contribution in [0.25, 0.3) is 0 Å². The third kappa shape index (κ3) is 4.41. The van der Waals surface area contributed by atoms with E-state index in [0.717, 1.165) is 5.56 Å². The monoisotopic (exact) mass is 302 g/mol. The summed E-state index contributed by atoms with van der Waals surface area (Å²) >= 11 is 1.67. The van der Waals surface area contributed by atoms with Gasteiger partial charge in [0.05, 0.1) is 12.6 Å². The summed E-state index contributed by atoms with van der Waals surface area (Å²) < 4.78 is 0. The fourth-order valence-corrected chi connectivity index (χ4v) is 2.96. The molecule has 2 aromatic rings. The lowest BCUT2D eigenvalue weighted by Gasteiger charge is -2.29. The molecule has 0 radical (unpaired) electrons. The molecular formula is C17H22N2OS. The van der Waals surface area contributed by atoms with Crippen LogP contribution in [-0.4, -0.2) is 22.9 Å². The second kappa shape index (κ2) is 7.38. The molecule has 0 saturated carbocycles. The van der Waals surface area contributed by atoms with Crippen molar-refractivity contribution in [1.29, 1.82) is 0 Å². The van der Waals surface area contributed by atoms with Crippen molar-refractivity contribution in [3.8, 4) is 0 Å². The number of carbonyl (C=O) groups excluding carboxylic acids is 1. The molecule has 0 fully saturated rings. The molecule has 2 N–H and O–H groups in total. The molecule has 1 aromatic heterocycles. The van der Waals surface area contributed by atoms with E-state index in [0.29, 0.717) is 13.0 Å². The standard InChI is InChI=1S/C17H22N2OS/c1-13(2)19(12-15-9-6-10-21-15)17(20)16(18)11-14-7-4-3-5-8-14/h3-10,13,16H,11-12,18H2,1-2H3/t16-/m1/s1. The molecule has 0 aliphatic carbocycles.